The van der Waals surface area contributed by atoms with Crippen LogP contribution in [-0.4, -0.2) is 11.7 Å². The fourth-order valence-electron chi connectivity index (χ4n) is 2.83. The van der Waals surface area contributed by atoms with Gasteiger partial charge in [-0.2, -0.15) is 0 Å². The van der Waals surface area contributed by atoms with Gasteiger partial charge in [0.2, 0.25) is 5.78 Å². The van der Waals surface area contributed by atoms with Gasteiger partial charge in [-0.05, 0) is 17.2 Å². The summed E-state index contributed by atoms with van der Waals surface area (Å²) >= 11 is 0. The molecule has 0 spiro atoms. The molecule has 1 atom stereocenters. The van der Waals surface area contributed by atoms with Crippen molar-refractivity contribution in [1.82, 2.24) is 0 Å². The first-order valence-electron chi connectivity index (χ1n) is 5.85. The van der Waals surface area contributed by atoms with E-state index in [2.05, 4.69) is 0 Å². The van der Waals surface area contributed by atoms with Gasteiger partial charge in [-0.25, -0.2) is 0 Å². The van der Waals surface area contributed by atoms with Crippen molar-refractivity contribution in [2.45, 2.75) is 6.04 Å². The van der Waals surface area contributed by atoms with Crippen molar-refractivity contribution >= 4 is 17.4 Å². The van der Waals surface area contributed by atoms with Crippen LogP contribution in [0.2, 0.25) is 0 Å². The molecule has 1 amide bonds. The molecule has 2 aromatic rings. The number of rotatable bonds is 0. The first-order chi connectivity index (χ1) is 8.79. The predicted octanol–water partition coefficient (Wildman–Crippen LogP) is 2.32. The van der Waals surface area contributed by atoms with Crippen LogP contribution in [0.5, 0.6) is 0 Å². The first kappa shape index (κ1) is 9.59. The molecule has 2 heterocycles. The van der Waals surface area contributed by atoms with Crippen molar-refractivity contribution in [3.63, 3.8) is 0 Å². The molecule has 3 nitrogen and oxygen atoms in total. The third-order valence-electron chi connectivity index (χ3n) is 3.65. The zero-order valence-corrected chi connectivity index (χ0v) is 9.46. The van der Waals surface area contributed by atoms with Gasteiger partial charge in [0, 0.05) is 5.56 Å². The number of hydrogen-bond donors (Lipinski definition) is 0. The fourth-order valence-corrected chi connectivity index (χ4v) is 2.83. The third kappa shape index (κ3) is 0.949. The molecule has 2 aliphatic heterocycles. The number of ketones is 1. The predicted molar refractivity (Wildman–Crippen MR) is 67.1 cm³/mol. The molecule has 1 unspecified atom stereocenters. The standard InChI is InChI=1S/C15H9NO2/c17-14-13-11-7-2-1-5-9(11)10-6-3-4-8-12(10)16(13)15(14)18/h1-8,13H. The molecule has 18 heavy (non-hydrogen) atoms. The summed E-state index contributed by atoms with van der Waals surface area (Å²) in [6.07, 6.45) is 0. The Kier molecular flexibility index (Phi) is 1.64. The maximum atomic E-state index is 11.8. The highest BCUT2D eigenvalue weighted by Crippen LogP contribution is 2.48. The van der Waals surface area contributed by atoms with Crippen molar-refractivity contribution in [1.29, 1.82) is 0 Å². The third-order valence-corrected chi connectivity index (χ3v) is 3.65. The Bertz CT molecular complexity index is 644. The van der Waals surface area contributed by atoms with E-state index in [0.717, 1.165) is 22.4 Å². The number of nitrogens with zero attached hydrogens (tertiary/aromatic N) is 1. The first-order valence-corrected chi connectivity index (χ1v) is 5.85. The van der Waals surface area contributed by atoms with E-state index in [1.807, 2.05) is 48.5 Å². The normalized spacial score (nSPS) is 19.8. The van der Waals surface area contributed by atoms with Crippen LogP contribution in [0.15, 0.2) is 48.5 Å². The van der Waals surface area contributed by atoms with Gasteiger partial charge >= 0.3 is 0 Å². The number of Topliss-reactive ketones (excluding diaryl/α,β-unsaturated/α-hetero) is 1. The van der Waals surface area contributed by atoms with Crippen molar-refractivity contribution < 1.29 is 9.59 Å². The quantitative estimate of drug-likeness (QED) is 0.519. The second-order valence-electron chi connectivity index (χ2n) is 4.55. The Hall–Kier alpha value is -2.42. The van der Waals surface area contributed by atoms with E-state index in [1.54, 1.807) is 4.90 Å². The van der Waals surface area contributed by atoms with Gasteiger partial charge in [0.05, 0.1) is 5.69 Å². The Balaban J connectivity index is 2.07. The topological polar surface area (TPSA) is 37.4 Å². The van der Waals surface area contributed by atoms with Crippen molar-refractivity contribution in [2.75, 3.05) is 4.90 Å². The lowest BCUT2D eigenvalue weighted by molar-refractivity contribution is -0.143. The maximum absolute atomic E-state index is 11.8. The molecule has 0 bridgehead atoms. The molecule has 2 aliphatic rings. The molecule has 0 N–H and O–H groups in total. The molecule has 1 fully saturated rings. The number of carbonyl (C=O) groups is 2. The number of benzene rings is 2. The summed E-state index contributed by atoms with van der Waals surface area (Å²) in [5.41, 5.74) is 3.84. The average molecular weight is 235 g/mol. The van der Waals surface area contributed by atoms with E-state index in [9.17, 15) is 9.59 Å². The molecule has 86 valence electrons. The smallest absolute Gasteiger partial charge is 0.290 e. The molecule has 4 rings (SSSR count). The monoisotopic (exact) mass is 235 g/mol. The van der Waals surface area contributed by atoms with E-state index in [0.29, 0.717) is 0 Å². The van der Waals surface area contributed by atoms with Crippen molar-refractivity contribution in [3.8, 4) is 11.1 Å². The lowest BCUT2D eigenvalue weighted by Crippen LogP contribution is -2.57. The van der Waals surface area contributed by atoms with Gasteiger partial charge in [-0.15, -0.1) is 0 Å². The number of para-hydroxylation sites is 1. The summed E-state index contributed by atoms with van der Waals surface area (Å²) in [7, 11) is 0. The maximum Gasteiger partial charge on any atom is 0.297 e. The largest absolute Gasteiger partial charge is 0.297 e. The molecular formula is C15H9NO2. The summed E-state index contributed by atoms with van der Waals surface area (Å²) in [6.45, 7) is 0. The zero-order chi connectivity index (χ0) is 12.3. The van der Waals surface area contributed by atoms with Crippen LogP contribution in [0.3, 0.4) is 0 Å². The highest BCUT2D eigenvalue weighted by atomic mass is 16.2. The highest BCUT2D eigenvalue weighted by Gasteiger charge is 2.51. The van der Waals surface area contributed by atoms with Crippen LogP contribution in [0.25, 0.3) is 11.1 Å². The van der Waals surface area contributed by atoms with Gasteiger partial charge in [0.1, 0.15) is 6.04 Å². The van der Waals surface area contributed by atoms with Gasteiger partial charge in [-0.1, -0.05) is 42.5 Å². The average Bonchev–Trinajstić information content (AvgIpc) is 2.44. The van der Waals surface area contributed by atoms with E-state index in [1.165, 1.54) is 0 Å². The van der Waals surface area contributed by atoms with Crippen LogP contribution in [0, 0.1) is 0 Å². The lowest BCUT2D eigenvalue weighted by Gasteiger charge is -2.43. The number of fused-ring (bicyclic) bond motifs is 6. The summed E-state index contributed by atoms with van der Waals surface area (Å²) in [6, 6.07) is 15.1. The van der Waals surface area contributed by atoms with E-state index < -0.39 is 11.9 Å². The zero-order valence-electron chi connectivity index (χ0n) is 9.46. The minimum absolute atomic E-state index is 0.308. The minimum Gasteiger partial charge on any atom is -0.290 e. The molecule has 0 radical (unpaired) electrons. The molecule has 2 aromatic carbocycles. The van der Waals surface area contributed by atoms with Crippen LogP contribution in [-0.2, 0) is 9.59 Å². The Morgan fingerprint density at radius 2 is 1.50 bits per heavy atom. The van der Waals surface area contributed by atoms with Gasteiger partial charge in [0.25, 0.3) is 5.91 Å². The number of hydrogen-bond acceptors (Lipinski definition) is 2. The van der Waals surface area contributed by atoms with Gasteiger partial charge in [0.15, 0.2) is 0 Å². The minimum atomic E-state index is -0.413. The fraction of sp³-hybridized carbons (Fsp3) is 0.0667. The Morgan fingerprint density at radius 1 is 0.833 bits per heavy atom. The van der Waals surface area contributed by atoms with Crippen molar-refractivity contribution in [2.24, 2.45) is 0 Å². The SMILES string of the molecule is O=C1C(=O)N2c3ccccc3-c3ccccc3C12. The number of carbonyl (C=O) groups excluding carboxylic acids is 2. The van der Waals surface area contributed by atoms with Gasteiger partial charge in [-0.3, -0.25) is 14.5 Å². The number of anilines is 1. The summed E-state index contributed by atoms with van der Waals surface area (Å²) in [5.74, 6) is -0.709. The van der Waals surface area contributed by atoms with Gasteiger partial charge < -0.3 is 0 Å². The van der Waals surface area contributed by atoms with E-state index in [4.69, 9.17) is 0 Å². The molecule has 0 aromatic heterocycles. The molecule has 0 saturated carbocycles. The van der Waals surface area contributed by atoms with Crippen LogP contribution < -0.4 is 4.90 Å². The summed E-state index contributed by atoms with van der Waals surface area (Å²) in [5, 5.41) is 0. The van der Waals surface area contributed by atoms with Crippen LogP contribution >= 0.6 is 0 Å². The Labute approximate surface area is 104 Å². The lowest BCUT2D eigenvalue weighted by atomic mass is 9.81. The highest BCUT2D eigenvalue weighted by molar-refractivity contribution is 6.52. The molecular weight excluding hydrogens is 226 g/mol. The van der Waals surface area contributed by atoms with E-state index in [-0.39, 0.29) is 5.78 Å². The molecule has 1 saturated heterocycles. The number of β-lactam (4-membered cyclic amide) rings is 1. The molecule has 0 aliphatic carbocycles. The second-order valence-corrected chi connectivity index (χ2v) is 4.55. The van der Waals surface area contributed by atoms with Crippen LogP contribution in [0.4, 0.5) is 5.69 Å². The van der Waals surface area contributed by atoms with Crippen LogP contribution in [0.1, 0.15) is 11.6 Å². The summed E-state index contributed by atoms with van der Waals surface area (Å²) < 4.78 is 0. The Morgan fingerprint density at radius 3 is 2.33 bits per heavy atom. The second kappa shape index (κ2) is 3.07. The van der Waals surface area contributed by atoms with Crippen molar-refractivity contribution in [3.05, 3.63) is 54.1 Å². The number of amides is 1. The van der Waals surface area contributed by atoms with E-state index >= 15 is 0 Å². The molecule has 3 heteroatoms. The summed E-state index contributed by atoms with van der Waals surface area (Å²) in [4.78, 5) is 25.1.